The SMILES string of the molecule is CC(=O)Nc1ccc(Cl)cc1NCC(=O)N1c2ccccc2CCC1C. The molecule has 0 saturated carbocycles. The van der Waals surface area contributed by atoms with Crippen LogP contribution in [0.4, 0.5) is 17.1 Å². The highest BCUT2D eigenvalue weighted by Crippen LogP contribution is 2.31. The summed E-state index contributed by atoms with van der Waals surface area (Å²) in [5, 5.41) is 6.39. The van der Waals surface area contributed by atoms with Crippen LogP contribution in [0.15, 0.2) is 42.5 Å². The first-order chi connectivity index (χ1) is 12.5. The summed E-state index contributed by atoms with van der Waals surface area (Å²) < 4.78 is 0. The monoisotopic (exact) mass is 371 g/mol. The van der Waals surface area contributed by atoms with Crippen LogP contribution in [0.1, 0.15) is 25.8 Å². The lowest BCUT2D eigenvalue weighted by atomic mass is 9.96. The summed E-state index contributed by atoms with van der Waals surface area (Å²) in [5.74, 6) is -0.196. The highest BCUT2D eigenvalue weighted by Gasteiger charge is 2.27. The van der Waals surface area contributed by atoms with Gasteiger partial charge in [0.25, 0.3) is 0 Å². The zero-order valence-corrected chi connectivity index (χ0v) is 15.6. The molecule has 26 heavy (non-hydrogen) atoms. The number of nitrogens with one attached hydrogen (secondary N) is 2. The third-order valence-electron chi connectivity index (χ3n) is 4.51. The smallest absolute Gasteiger partial charge is 0.246 e. The van der Waals surface area contributed by atoms with Crippen LogP contribution in [0.25, 0.3) is 0 Å². The Hall–Kier alpha value is -2.53. The molecule has 136 valence electrons. The first-order valence-corrected chi connectivity index (χ1v) is 9.04. The zero-order chi connectivity index (χ0) is 18.7. The van der Waals surface area contributed by atoms with Gasteiger partial charge in [0.2, 0.25) is 11.8 Å². The quantitative estimate of drug-likeness (QED) is 0.851. The lowest BCUT2D eigenvalue weighted by Gasteiger charge is -2.35. The molecule has 5 nitrogen and oxygen atoms in total. The number of carbonyl (C=O) groups is 2. The second-order valence-electron chi connectivity index (χ2n) is 6.50. The van der Waals surface area contributed by atoms with Gasteiger partial charge in [-0.2, -0.15) is 0 Å². The van der Waals surface area contributed by atoms with Gasteiger partial charge >= 0.3 is 0 Å². The molecule has 0 aliphatic carbocycles. The van der Waals surface area contributed by atoms with Crippen molar-refractivity contribution in [1.82, 2.24) is 0 Å². The highest BCUT2D eigenvalue weighted by atomic mass is 35.5. The van der Waals surface area contributed by atoms with Gasteiger partial charge in [-0.15, -0.1) is 0 Å². The van der Waals surface area contributed by atoms with E-state index >= 15 is 0 Å². The number of anilines is 3. The van der Waals surface area contributed by atoms with Gasteiger partial charge in [0, 0.05) is 23.7 Å². The average Bonchev–Trinajstić information content (AvgIpc) is 2.61. The van der Waals surface area contributed by atoms with Crippen LogP contribution in [0.5, 0.6) is 0 Å². The van der Waals surface area contributed by atoms with Crippen molar-refractivity contribution in [2.75, 3.05) is 22.1 Å². The number of carbonyl (C=O) groups excluding carboxylic acids is 2. The van der Waals surface area contributed by atoms with Crippen molar-refractivity contribution < 1.29 is 9.59 Å². The number of rotatable bonds is 4. The normalized spacial score (nSPS) is 16.0. The minimum Gasteiger partial charge on any atom is -0.374 e. The third-order valence-corrected chi connectivity index (χ3v) is 4.75. The summed E-state index contributed by atoms with van der Waals surface area (Å²) in [7, 11) is 0. The lowest BCUT2D eigenvalue weighted by molar-refractivity contribution is -0.117. The molecular formula is C20H22ClN3O2. The molecule has 1 atom stereocenters. The Morgan fingerprint density at radius 2 is 1.96 bits per heavy atom. The molecule has 2 N–H and O–H groups in total. The maximum atomic E-state index is 12.9. The fourth-order valence-electron chi connectivity index (χ4n) is 3.29. The third kappa shape index (κ3) is 3.99. The summed E-state index contributed by atoms with van der Waals surface area (Å²) in [6.07, 6.45) is 1.92. The number of halogens is 1. The Balaban J connectivity index is 1.77. The molecule has 2 aromatic carbocycles. The zero-order valence-electron chi connectivity index (χ0n) is 14.9. The van der Waals surface area contributed by atoms with Gasteiger partial charge in [-0.25, -0.2) is 0 Å². The van der Waals surface area contributed by atoms with Gasteiger partial charge in [0.15, 0.2) is 0 Å². The molecule has 0 aromatic heterocycles. The molecule has 0 radical (unpaired) electrons. The van der Waals surface area contributed by atoms with Crippen molar-refractivity contribution in [3.8, 4) is 0 Å². The lowest BCUT2D eigenvalue weighted by Crippen LogP contribution is -2.44. The maximum Gasteiger partial charge on any atom is 0.246 e. The van der Waals surface area contributed by atoms with E-state index in [0.29, 0.717) is 16.4 Å². The van der Waals surface area contributed by atoms with Crippen LogP contribution < -0.4 is 15.5 Å². The molecule has 1 aliphatic heterocycles. The number of fused-ring (bicyclic) bond motifs is 1. The minimum absolute atomic E-state index is 0.0154. The maximum absolute atomic E-state index is 12.9. The van der Waals surface area contributed by atoms with Crippen molar-refractivity contribution in [3.05, 3.63) is 53.1 Å². The van der Waals surface area contributed by atoms with Crippen LogP contribution in [0.3, 0.4) is 0 Å². The van der Waals surface area contributed by atoms with Gasteiger partial charge in [0.05, 0.1) is 17.9 Å². The van der Waals surface area contributed by atoms with Gasteiger partial charge in [0.1, 0.15) is 0 Å². The Kier molecular flexibility index (Phi) is 5.47. The van der Waals surface area contributed by atoms with Crippen LogP contribution in [-0.4, -0.2) is 24.4 Å². The molecule has 6 heteroatoms. The Labute approximate surface area is 158 Å². The predicted molar refractivity (Wildman–Crippen MR) is 106 cm³/mol. The van der Waals surface area contributed by atoms with E-state index in [0.717, 1.165) is 18.5 Å². The molecule has 2 amide bonds. The summed E-state index contributed by atoms with van der Waals surface area (Å²) >= 11 is 6.06. The topological polar surface area (TPSA) is 61.4 Å². The number of aryl methyl sites for hydroxylation is 1. The van der Waals surface area contributed by atoms with E-state index in [9.17, 15) is 9.59 Å². The fraction of sp³-hybridized carbons (Fsp3) is 0.300. The fourth-order valence-corrected chi connectivity index (χ4v) is 3.46. The van der Waals surface area contributed by atoms with Crippen molar-refractivity contribution in [3.63, 3.8) is 0 Å². The van der Waals surface area contributed by atoms with Gasteiger partial charge in [-0.1, -0.05) is 29.8 Å². The standard InChI is InChI=1S/C20H22ClN3O2/c1-13-7-8-15-5-3-4-6-19(15)24(13)20(26)12-22-18-11-16(21)9-10-17(18)23-14(2)25/h3-6,9-11,13,22H,7-8,12H2,1-2H3,(H,23,25). The molecule has 1 aliphatic rings. The van der Waals surface area contributed by atoms with Crippen molar-refractivity contribution in [2.24, 2.45) is 0 Å². The van der Waals surface area contributed by atoms with E-state index in [1.807, 2.05) is 23.1 Å². The van der Waals surface area contributed by atoms with E-state index in [4.69, 9.17) is 11.6 Å². The van der Waals surface area contributed by atoms with E-state index in [1.54, 1.807) is 18.2 Å². The van der Waals surface area contributed by atoms with E-state index < -0.39 is 0 Å². The first-order valence-electron chi connectivity index (χ1n) is 8.66. The Morgan fingerprint density at radius 3 is 2.73 bits per heavy atom. The van der Waals surface area contributed by atoms with E-state index in [-0.39, 0.29) is 24.4 Å². The molecule has 2 aromatic rings. The molecular weight excluding hydrogens is 350 g/mol. The van der Waals surface area contributed by atoms with Gasteiger partial charge in [-0.3, -0.25) is 9.59 Å². The van der Waals surface area contributed by atoms with E-state index in [1.165, 1.54) is 12.5 Å². The average molecular weight is 372 g/mol. The largest absolute Gasteiger partial charge is 0.374 e. The number of hydrogen-bond acceptors (Lipinski definition) is 3. The van der Waals surface area contributed by atoms with Crippen molar-refractivity contribution in [2.45, 2.75) is 32.7 Å². The minimum atomic E-state index is -0.180. The summed E-state index contributed by atoms with van der Waals surface area (Å²) in [6, 6.07) is 13.3. The molecule has 0 spiro atoms. The second kappa shape index (κ2) is 7.79. The second-order valence-corrected chi connectivity index (χ2v) is 6.94. The van der Waals surface area contributed by atoms with E-state index in [2.05, 4.69) is 23.6 Å². The van der Waals surface area contributed by atoms with Crippen LogP contribution >= 0.6 is 11.6 Å². The molecule has 0 saturated heterocycles. The van der Waals surface area contributed by atoms with Crippen LogP contribution in [0, 0.1) is 0 Å². The summed E-state index contributed by atoms with van der Waals surface area (Å²) in [6.45, 7) is 3.62. The number of amides is 2. The highest BCUT2D eigenvalue weighted by molar-refractivity contribution is 6.31. The number of nitrogens with zero attached hydrogens (tertiary/aromatic N) is 1. The summed E-state index contributed by atoms with van der Waals surface area (Å²) in [4.78, 5) is 26.1. The predicted octanol–water partition coefficient (Wildman–Crippen LogP) is 4.08. The molecule has 0 bridgehead atoms. The van der Waals surface area contributed by atoms with Crippen molar-refractivity contribution >= 4 is 40.5 Å². The van der Waals surface area contributed by atoms with Crippen LogP contribution in [0.2, 0.25) is 5.02 Å². The Morgan fingerprint density at radius 1 is 1.19 bits per heavy atom. The molecule has 1 heterocycles. The number of benzene rings is 2. The number of hydrogen-bond donors (Lipinski definition) is 2. The van der Waals surface area contributed by atoms with Gasteiger partial charge < -0.3 is 15.5 Å². The molecule has 1 unspecified atom stereocenters. The summed E-state index contributed by atoms with van der Waals surface area (Å²) in [5.41, 5.74) is 3.40. The molecule has 0 fully saturated rings. The van der Waals surface area contributed by atoms with Crippen molar-refractivity contribution in [1.29, 1.82) is 0 Å². The first kappa shape index (κ1) is 18.3. The van der Waals surface area contributed by atoms with Gasteiger partial charge in [-0.05, 0) is 49.6 Å². The molecule has 3 rings (SSSR count). The number of para-hydroxylation sites is 1. The Bertz CT molecular complexity index is 838. The van der Waals surface area contributed by atoms with Crippen LogP contribution in [-0.2, 0) is 16.0 Å².